The predicted molar refractivity (Wildman–Crippen MR) is 73.4 cm³/mol. The van der Waals surface area contributed by atoms with Crippen LogP contribution in [0.4, 0.5) is 19.0 Å². The number of hydrogen-bond donors (Lipinski definition) is 1. The van der Waals surface area contributed by atoms with Gasteiger partial charge in [0.15, 0.2) is 5.69 Å². The molecule has 1 heterocycles. The second-order valence-electron chi connectivity index (χ2n) is 4.91. The Morgan fingerprint density at radius 3 is 2.55 bits per heavy atom. The Balaban J connectivity index is 2.21. The average Bonchev–Trinajstić information content (AvgIpc) is 2.80. The molecule has 0 aliphatic rings. The Labute approximate surface area is 124 Å². The van der Waals surface area contributed by atoms with Gasteiger partial charge in [0.2, 0.25) is 0 Å². The fraction of sp³-hybridized carbons (Fsp3) is 0.286. The lowest BCUT2D eigenvalue weighted by molar-refractivity contribution is -0.137. The summed E-state index contributed by atoms with van der Waals surface area (Å²) in [6.07, 6.45) is -4.51. The van der Waals surface area contributed by atoms with E-state index in [0.717, 1.165) is 18.2 Å². The second kappa shape index (κ2) is 5.70. The molecule has 0 radical (unpaired) electrons. The van der Waals surface area contributed by atoms with E-state index in [9.17, 15) is 18.0 Å². The number of carbonyl (C=O) groups is 1. The van der Waals surface area contributed by atoms with E-state index in [2.05, 4.69) is 5.10 Å². The van der Waals surface area contributed by atoms with Gasteiger partial charge in [-0.2, -0.15) is 18.3 Å². The first-order valence-electron chi connectivity index (χ1n) is 6.43. The predicted octanol–water partition coefficient (Wildman–Crippen LogP) is 3.28. The number of esters is 1. The lowest BCUT2D eigenvalue weighted by Gasteiger charge is -2.08. The second-order valence-corrected chi connectivity index (χ2v) is 4.91. The zero-order valence-electron chi connectivity index (χ0n) is 11.9. The van der Waals surface area contributed by atoms with Crippen LogP contribution in [0.2, 0.25) is 0 Å². The van der Waals surface area contributed by atoms with Gasteiger partial charge in [0.05, 0.1) is 5.56 Å². The first kappa shape index (κ1) is 15.9. The highest BCUT2D eigenvalue weighted by molar-refractivity contribution is 5.89. The monoisotopic (exact) mass is 313 g/mol. The minimum Gasteiger partial charge on any atom is -0.422 e. The normalized spacial score (nSPS) is 11.7. The first-order valence-corrected chi connectivity index (χ1v) is 6.43. The largest absolute Gasteiger partial charge is 0.422 e. The molecule has 1 aromatic carbocycles. The third-order valence-electron chi connectivity index (χ3n) is 2.83. The Hall–Kier alpha value is -2.51. The van der Waals surface area contributed by atoms with E-state index in [4.69, 9.17) is 10.5 Å². The summed E-state index contributed by atoms with van der Waals surface area (Å²) in [5.41, 5.74) is 4.73. The number of aromatic nitrogens is 2. The highest BCUT2D eigenvalue weighted by atomic mass is 19.4. The summed E-state index contributed by atoms with van der Waals surface area (Å²) in [5.74, 6) is -0.811. The number of halogens is 3. The molecule has 0 aliphatic carbocycles. The van der Waals surface area contributed by atoms with Crippen LogP contribution in [0.3, 0.4) is 0 Å². The van der Waals surface area contributed by atoms with Crippen molar-refractivity contribution in [1.29, 1.82) is 0 Å². The van der Waals surface area contributed by atoms with Crippen LogP contribution in [0.1, 0.15) is 35.9 Å². The number of hydrogen-bond acceptors (Lipinski definition) is 4. The lowest BCUT2D eigenvalue weighted by atomic mass is 10.2. The first-order chi connectivity index (χ1) is 10.2. The molecule has 2 aromatic rings. The van der Waals surface area contributed by atoms with E-state index >= 15 is 0 Å². The molecular weight excluding hydrogens is 299 g/mol. The standard InChI is InChI=1S/C14H14F3N3O2/c1-8(2)20-12(18)7-11(19-20)13(21)22-10-5-3-4-9(6-10)14(15,16)17/h3-8H,18H2,1-2H3. The Bertz CT molecular complexity index is 693. The molecule has 0 atom stereocenters. The molecule has 22 heavy (non-hydrogen) atoms. The lowest BCUT2D eigenvalue weighted by Crippen LogP contribution is -2.12. The van der Waals surface area contributed by atoms with Gasteiger partial charge in [0.1, 0.15) is 11.6 Å². The maximum absolute atomic E-state index is 12.6. The Morgan fingerprint density at radius 1 is 1.32 bits per heavy atom. The van der Waals surface area contributed by atoms with Gasteiger partial charge in [-0.25, -0.2) is 9.48 Å². The van der Waals surface area contributed by atoms with Crippen LogP contribution in [-0.2, 0) is 6.18 Å². The van der Waals surface area contributed by atoms with Crippen molar-refractivity contribution in [3.8, 4) is 5.75 Å². The summed E-state index contributed by atoms with van der Waals surface area (Å²) in [6.45, 7) is 3.65. The van der Waals surface area contributed by atoms with Gasteiger partial charge in [0.25, 0.3) is 0 Å². The number of nitrogens with zero attached hydrogens (tertiary/aromatic N) is 2. The fourth-order valence-electron chi connectivity index (χ4n) is 1.82. The van der Waals surface area contributed by atoms with Crippen LogP contribution in [0.5, 0.6) is 5.75 Å². The van der Waals surface area contributed by atoms with Crippen LogP contribution >= 0.6 is 0 Å². The molecule has 0 saturated carbocycles. The van der Waals surface area contributed by atoms with Crippen molar-refractivity contribution < 1.29 is 22.7 Å². The van der Waals surface area contributed by atoms with E-state index in [1.165, 1.54) is 16.8 Å². The summed E-state index contributed by atoms with van der Waals surface area (Å²) in [5, 5.41) is 3.97. The van der Waals surface area contributed by atoms with Crippen LogP contribution in [0.25, 0.3) is 0 Å². The minimum atomic E-state index is -4.51. The number of nitrogens with two attached hydrogens (primary N) is 1. The van der Waals surface area contributed by atoms with Crippen LogP contribution in [0, 0.1) is 0 Å². The number of benzene rings is 1. The van der Waals surface area contributed by atoms with Crippen LogP contribution < -0.4 is 10.5 Å². The third-order valence-corrected chi connectivity index (χ3v) is 2.83. The van der Waals surface area contributed by atoms with Crippen molar-refractivity contribution in [3.63, 3.8) is 0 Å². The molecule has 0 saturated heterocycles. The van der Waals surface area contributed by atoms with Crippen molar-refractivity contribution >= 4 is 11.8 Å². The molecule has 2 N–H and O–H groups in total. The maximum atomic E-state index is 12.6. The molecule has 8 heteroatoms. The van der Waals surface area contributed by atoms with Crippen molar-refractivity contribution in [1.82, 2.24) is 9.78 Å². The van der Waals surface area contributed by atoms with E-state index in [1.54, 1.807) is 0 Å². The molecule has 1 aromatic heterocycles. The molecule has 0 bridgehead atoms. The van der Waals surface area contributed by atoms with Crippen LogP contribution in [-0.4, -0.2) is 15.7 Å². The zero-order valence-corrected chi connectivity index (χ0v) is 11.9. The molecular formula is C14H14F3N3O2. The number of rotatable bonds is 3. The van der Waals surface area contributed by atoms with E-state index < -0.39 is 17.7 Å². The van der Waals surface area contributed by atoms with Gasteiger partial charge in [-0.15, -0.1) is 0 Å². The molecule has 0 aliphatic heterocycles. The van der Waals surface area contributed by atoms with Gasteiger partial charge in [-0.3, -0.25) is 0 Å². The molecule has 2 rings (SSSR count). The number of nitrogen functional groups attached to an aromatic ring is 1. The third kappa shape index (κ3) is 3.38. The van der Waals surface area contributed by atoms with Crippen molar-refractivity contribution in [2.24, 2.45) is 0 Å². The Morgan fingerprint density at radius 2 is 2.00 bits per heavy atom. The van der Waals surface area contributed by atoms with Gasteiger partial charge in [0, 0.05) is 12.1 Å². The highest BCUT2D eigenvalue weighted by Crippen LogP contribution is 2.31. The van der Waals surface area contributed by atoms with E-state index in [0.29, 0.717) is 0 Å². The highest BCUT2D eigenvalue weighted by Gasteiger charge is 2.31. The molecule has 5 nitrogen and oxygen atoms in total. The van der Waals surface area contributed by atoms with Gasteiger partial charge in [-0.1, -0.05) is 6.07 Å². The van der Waals surface area contributed by atoms with Gasteiger partial charge in [-0.05, 0) is 32.0 Å². The summed E-state index contributed by atoms with van der Waals surface area (Å²) < 4.78 is 44.1. The van der Waals surface area contributed by atoms with Crippen molar-refractivity contribution in [3.05, 3.63) is 41.6 Å². The summed E-state index contributed by atoms with van der Waals surface area (Å²) in [6, 6.07) is 5.32. The smallest absolute Gasteiger partial charge is 0.416 e. The minimum absolute atomic E-state index is 0.0601. The quantitative estimate of drug-likeness (QED) is 0.697. The molecule has 0 amide bonds. The maximum Gasteiger partial charge on any atom is 0.416 e. The average molecular weight is 313 g/mol. The zero-order chi connectivity index (χ0) is 16.5. The van der Waals surface area contributed by atoms with Crippen LogP contribution in [0.15, 0.2) is 30.3 Å². The summed E-state index contributed by atoms with van der Waals surface area (Å²) in [4.78, 5) is 11.9. The van der Waals surface area contributed by atoms with Gasteiger partial charge >= 0.3 is 12.1 Å². The van der Waals surface area contributed by atoms with E-state index in [-0.39, 0.29) is 23.3 Å². The number of carbonyl (C=O) groups excluding carboxylic acids is 1. The van der Waals surface area contributed by atoms with E-state index in [1.807, 2.05) is 13.8 Å². The fourth-order valence-corrected chi connectivity index (χ4v) is 1.82. The molecule has 118 valence electrons. The molecule has 0 unspecified atom stereocenters. The SMILES string of the molecule is CC(C)n1nc(C(=O)Oc2cccc(C(F)(F)F)c2)cc1N. The van der Waals surface area contributed by atoms with Gasteiger partial charge < -0.3 is 10.5 Å². The molecule has 0 spiro atoms. The Kier molecular flexibility index (Phi) is 4.11. The van der Waals surface area contributed by atoms with Crippen molar-refractivity contribution in [2.75, 3.05) is 5.73 Å². The number of ether oxygens (including phenoxy) is 1. The number of alkyl halides is 3. The topological polar surface area (TPSA) is 70.1 Å². The van der Waals surface area contributed by atoms with Crippen molar-refractivity contribution in [2.45, 2.75) is 26.1 Å². The summed E-state index contributed by atoms with van der Waals surface area (Å²) >= 11 is 0. The number of anilines is 1. The molecule has 0 fully saturated rings. The summed E-state index contributed by atoms with van der Waals surface area (Å²) in [7, 11) is 0.